The smallest absolute Gasteiger partial charge is 0.191 e. The van der Waals surface area contributed by atoms with Crippen LogP contribution in [0.2, 0.25) is 0 Å². The number of methoxy groups -OCH3 is 1. The van der Waals surface area contributed by atoms with E-state index in [-0.39, 0.29) is 0 Å². The van der Waals surface area contributed by atoms with Gasteiger partial charge in [-0.15, -0.1) is 0 Å². The van der Waals surface area contributed by atoms with Gasteiger partial charge in [-0.05, 0) is 80.3 Å². The fourth-order valence-electron chi connectivity index (χ4n) is 2.66. The zero-order valence-electron chi connectivity index (χ0n) is 16.8. The number of nitrogens with zero attached hydrogens (tertiary/aromatic N) is 2. The first kappa shape index (κ1) is 21.7. The van der Waals surface area contributed by atoms with Crippen molar-refractivity contribution in [1.82, 2.24) is 10.3 Å². The topological polar surface area (TPSA) is 69.1 Å². The number of anilines is 1. The maximum atomic E-state index is 10.2. The van der Waals surface area contributed by atoms with Crippen molar-refractivity contribution in [3.05, 3.63) is 53.6 Å². The predicted octanol–water partition coefficient (Wildman–Crippen LogP) is 3.95. The number of phenols is 1. The molecule has 0 saturated heterocycles. The Labute approximate surface area is 172 Å². The summed E-state index contributed by atoms with van der Waals surface area (Å²) in [7, 11) is 1.63. The van der Waals surface area contributed by atoms with Gasteiger partial charge in [0.2, 0.25) is 0 Å². The van der Waals surface area contributed by atoms with Gasteiger partial charge in [0.1, 0.15) is 11.5 Å². The minimum atomic E-state index is 0.299. The molecule has 0 amide bonds. The maximum Gasteiger partial charge on any atom is 0.191 e. The van der Waals surface area contributed by atoms with Crippen LogP contribution in [0.15, 0.2) is 47.6 Å². The number of hydrazone groups is 1. The second-order valence-corrected chi connectivity index (χ2v) is 6.70. The predicted molar refractivity (Wildman–Crippen MR) is 119 cm³/mol. The Morgan fingerprint density at radius 2 is 1.82 bits per heavy atom. The molecule has 28 heavy (non-hydrogen) atoms. The number of rotatable bonds is 8. The van der Waals surface area contributed by atoms with E-state index in [1.54, 1.807) is 13.2 Å². The molecule has 2 rings (SSSR count). The van der Waals surface area contributed by atoms with E-state index < -0.39 is 0 Å². The largest absolute Gasteiger partial charge is 0.508 e. The normalized spacial score (nSPS) is 11.4. The molecule has 0 heterocycles. The van der Waals surface area contributed by atoms with Gasteiger partial charge in [0, 0.05) is 17.8 Å². The van der Waals surface area contributed by atoms with Crippen molar-refractivity contribution in [2.24, 2.45) is 5.10 Å². The Balaban J connectivity index is 2.02. The van der Waals surface area contributed by atoms with Crippen LogP contribution in [0.1, 0.15) is 31.9 Å². The van der Waals surface area contributed by atoms with Gasteiger partial charge in [0.15, 0.2) is 5.11 Å². The van der Waals surface area contributed by atoms with Crippen LogP contribution in [0.5, 0.6) is 11.5 Å². The van der Waals surface area contributed by atoms with Crippen LogP contribution in [-0.2, 0) is 6.54 Å². The molecular formula is C21H28N4O2S. The van der Waals surface area contributed by atoms with Crippen LogP contribution in [0.3, 0.4) is 0 Å². The Kier molecular flexibility index (Phi) is 8.22. The number of phenolic OH excluding ortho intramolecular Hbond substituents is 1. The maximum absolute atomic E-state index is 10.2. The Morgan fingerprint density at radius 3 is 2.43 bits per heavy atom. The van der Waals surface area contributed by atoms with Crippen molar-refractivity contribution in [3.63, 3.8) is 0 Å². The summed E-state index contributed by atoms with van der Waals surface area (Å²) in [4.78, 5) is 2.25. The molecule has 0 saturated carbocycles. The molecule has 0 unspecified atom stereocenters. The minimum Gasteiger partial charge on any atom is -0.508 e. The standard InChI is InChI=1S/C21H28N4O2S/c1-5-25(6-2)14-17-13-16(7-12-20(17)26)15(3)23-24-21(28)22-18-8-10-19(27-4)11-9-18/h7-13,26H,5-6,14H2,1-4H3,(H2,22,24,28)/b23-15+. The SMILES string of the molecule is CCN(CC)Cc1cc(/C(C)=N/NC(=S)Nc2ccc(OC)cc2)ccc1O. The van der Waals surface area contributed by atoms with Crippen LogP contribution in [0.4, 0.5) is 5.69 Å². The van der Waals surface area contributed by atoms with E-state index in [1.165, 1.54) is 0 Å². The van der Waals surface area contributed by atoms with Gasteiger partial charge in [-0.2, -0.15) is 5.10 Å². The lowest BCUT2D eigenvalue weighted by Gasteiger charge is -2.19. The van der Waals surface area contributed by atoms with Gasteiger partial charge in [0.05, 0.1) is 12.8 Å². The summed E-state index contributed by atoms with van der Waals surface area (Å²) >= 11 is 5.29. The Bertz CT molecular complexity index is 818. The van der Waals surface area contributed by atoms with E-state index in [4.69, 9.17) is 17.0 Å². The molecule has 6 nitrogen and oxygen atoms in total. The number of nitrogens with one attached hydrogen (secondary N) is 2. The van der Waals surface area contributed by atoms with Crippen LogP contribution >= 0.6 is 12.2 Å². The van der Waals surface area contributed by atoms with Gasteiger partial charge in [-0.1, -0.05) is 13.8 Å². The van der Waals surface area contributed by atoms with Gasteiger partial charge in [-0.25, -0.2) is 0 Å². The molecule has 2 aromatic carbocycles. The zero-order chi connectivity index (χ0) is 20.5. The highest BCUT2D eigenvalue weighted by molar-refractivity contribution is 7.80. The molecule has 2 aromatic rings. The highest BCUT2D eigenvalue weighted by Crippen LogP contribution is 2.21. The fourth-order valence-corrected chi connectivity index (χ4v) is 2.82. The van der Waals surface area contributed by atoms with E-state index >= 15 is 0 Å². The van der Waals surface area contributed by atoms with Crippen molar-refractivity contribution in [2.75, 3.05) is 25.5 Å². The lowest BCUT2D eigenvalue weighted by molar-refractivity contribution is 0.291. The van der Waals surface area contributed by atoms with Gasteiger partial charge in [-0.3, -0.25) is 10.3 Å². The van der Waals surface area contributed by atoms with E-state index in [1.807, 2.05) is 43.3 Å². The molecule has 0 aromatic heterocycles. The van der Waals surface area contributed by atoms with Crippen LogP contribution in [-0.4, -0.2) is 41.0 Å². The van der Waals surface area contributed by atoms with Crippen LogP contribution in [0, 0.1) is 0 Å². The minimum absolute atomic E-state index is 0.299. The zero-order valence-corrected chi connectivity index (χ0v) is 17.6. The molecule has 0 atom stereocenters. The highest BCUT2D eigenvalue weighted by atomic mass is 32.1. The third kappa shape index (κ3) is 6.21. The average Bonchev–Trinajstić information content (AvgIpc) is 2.72. The van der Waals surface area contributed by atoms with Crippen LogP contribution in [0.25, 0.3) is 0 Å². The molecule has 3 N–H and O–H groups in total. The molecule has 0 bridgehead atoms. The molecule has 0 aliphatic carbocycles. The summed E-state index contributed by atoms with van der Waals surface area (Å²) in [5, 5.41) is 18.0. The molecule has 0 aliphatic heterocycles. The summed E-state index contributed by atoms with van der Waals surface area (Å²) in [6, 6.07) is 13.0. The molecule has 0 fully saturated rings. The van der Waals surface area contributed by atoms with Crippen molar-refractivity contribution in [2.45, 2.75) is 27.3 Å². The lowest BCUT2D eigenvalue weighted by atomic mass is 10.1. The van der Waals surface area contributed by atoms with Crippen molar-refractivity contribution in [1.29, 1.82) is 0 Å². The van der Waals surface area contributed by atoms with Gasteiger partial charge >= 0.3 is 0 Å². The quantitative estimate of drug-likeness (QED) is 0.354. The molecular weight excluding hydrogens is 372 g/mol. The summed E-state index contributed by atoms with van der Waals surface area (Å²) in [5.41, 5.74) is 6.30. The number of hydrogen-bond acceptors (Lipinski definition) is 5. The summed E-state index contributed by atoms with van der Waals surface area (Å²) < 4.78 is 5.14. The molecule has 150 valence electrons. The molecule has 7 heteroatoms. The lowest BCUT2D eigenvalue weighted by Crippen LogP contribution is -2.25. The van der Waals surface area contributed by atoms with Crippen LogP contribution < -0.4 is 15.5 Å². The second-order valence-electron chi connectivity index (χ2n) is 6.30. The monoisotopic (exact) mass is 400 g/mol. The van der Waals surface area contributed by atoms with E-state index in [9.17, 15) is 5.11 Å². The second kappa shape index (κ2) is 10.6. The summed E-state index contributed by atoms with van der Waals surface area (Å²) in [6.07, 6.45) is 0. The van der Waals surface area contributed by atoms with E-state index in [0.717, 1.165) is 41.4 Å². The summed E-state index contributed by atoms with van der Waals surface area (Å²) in [5.74, 6) is 1.08. The average molecular weight is 401 g/mol. The molecule has 0 spiro atoms. The number of benzene rings is 2. The molecule has 0 radical (unpaired) electrons. The Hall–Kier alpha value is -2.64. The first-order chi connectivity index (χ1) is 13.5. The van der Waals surface area contributed by atoms with Crippen molar-refractivity contribution in [3.8, 4) is 11.5 Å². The third-order valence-corrected chi connectivity index (χ3v) is 4.65. The van der Waals surface area contributed by atoms with Crippen molar-refractivity contribution < 1.29 is 9.84 Å². The summed E-state index contributed by atoms with van der Waals surface area (Å²) in [6.45, 7) is 8.68. The van der Waals surface area contributed by atoms with E-state index in [0.29, 0.717) is 17.4 Å². The number of hydrogen-bond donors (Lipinski definition) is 3. The third-order valence-electron chi connectivity index (χ3n) is 4.46. The molecule has 0 aliphatic rings. The first-order valence-electron chi connectivity index (χ1n) is 9.26. The van der Waals surface area contributed by atoms with Gasteiger partial charge < -0.3 is 15.2 Å². The Morgan fingerprint density at radius 1 is 1.14 bits per heavy atom. The number of thiocarbonyl (C=S) groups is 1. The number of ether oxygens (including phenoxy) is 1. The van der Waals surface area contributed by atoms with E-state index in [2.05, 4.69) is 34.6 Å². The fraction of sp³-hybridized carbons (Fsp3) is 0.333. The first-order valence-corrected chi connectivity index (χ1v) is 9.67. The highest BCUT2D eigenvalue weighted by Gasteiger charge is 2.09. The van der Waals surface area contributed by atoms with Crippen molar-refractivity contribution >= 4 is 28.7 Å². The number of aromatic hydroxyl groups is 1. The van der Waals surface area contributed by atoms with Gasteiger partial charge in [0.25, 0.3) is 0 Å².